The summed E-state index contributed by atoms with van der Waals surface area (Å²) in [4.78, 5) is 0. The van der Waals surface area contributed by atoms with E-state index in [9.17, 15) is 8.42 Å². The average Bonchev–Trinajstić information content (AvgIpc) is 2.15. The van der Waals surface area contributed by atoms with Crippen molar-refractivity contribution in [3.63, 3.8) is 0 Å². The molecule has 1 atom stereocenters. The normalized spacial score (nSPS) is 14.9. The van der Waals surface area contributed by atoms with Crippen LogP contribution >= 0.6 is 0 Å². The van der Waals surface area contributed by atoms with Crippen molar-refractivity contribution < 1.29 is 8.42 Å². The van der Waals surface area contributed by atoms with Gasteiger partial charge in [0.1, 0.15) is 0 Å². The number of rotatable bonds is 7. The second-order valence-corrected chi connectivity index (χ2v) is 6.46. The van der Waals surface area contributed by atoms with E-state index in [1.165, 1.54) is 4.31 Å². The molecule has 0 aliphatic heterocycles. The third-order valence-electron chi connectivity index (χ3n) is 2.83. The largest absolute Gasteiger partial charge is 0.330 e. The van der Waals surface area contributed by atoms with Crippen molar-refractivity contribution in [2.24, 2.45) is 11.7 Å². The molecule has 0 aromatic heterocycles. The van der Waals surface area contributed by atoms with Gasteiger partial charge in [-0.05, 0) is 32.2 Å². The van der Waals surface area contributed by atoms with Crippen LogP contribution < -0.4 is 5.73 Å². The molecule has 5 heteroatoms. The Morgan fingerprint density at radius 1 is 1.20 bits per heavy atom. The molecule has 0 fully saturated rings. The van der Waals surface area contributed by atoms with E-state index in [0.29, 0.717) is 18.9 Å². The molecule has 0 saturated carbocycles. The number of nitrogens with two attached hydrogens (primary N) is 1. The van der Waals surface area contributed by atoms with Gasteiger partial charge >= 0.3 is 0 Å². The zero-order valence-corrected chi connectivity index (χ0v) is 11.0. The van der Waals surface area contributed by atoms with Gasteiger partial charge in [-0.3, -0.25) is 0 Å². The molecule has 0 aliphatic rings. The van der Waals surface area contributed by atoms with E-state index in [1.807, 2.05) is 20.8 Å². The molecule has 92 valence electrons. The van der Waals surface area contributed by atoms with Crippen LogP contribution in [0.3, 0.4) is 0 Å². The summed E-state index contributed by atoms with van der Waals surface area (Å²) in [5.41, 5.74) is 5.33. The molecule has 15 heavy (non-hydrogen) atoms. The zero-order chi connectivity index (χ0) is 12.1. The first kappa shape index (κ1) is 14.9. The molecular weight excluding hydrogens is 212 g/mol. The number of unbranched alkanes of at least 4 members (excludes halogenated alkanes) is 1. The molecule has 2 N–H and O–H groups in total. The third kappa shape index (κ3) is 4.95. The fourth-order valence-corrected chi connectivity index (χ4v) is 2.85. The van der Waals surface area contributed by atoms with Gasteiger partial charge in [0.2, 0.25) is 10.0 Å². The van der Waals surface area contributed by atoms with Gasteiger partial charge in [0.15, 0.2) is 0 Å². The number of nitrogens with zero attached hydrogens (tertiary/aromatic N) is 1. The summed E-state index contributed by atoms with van der Waals surface area (Å²) in [5, 5.41) is 0. The van der Waals surface area contributed by atoms with E-state index < -0.39 is 10.0 Å². The minimum atomic E-state index is -3.10. The first-order valence-corrected chi connectivity index (χ1v) is 7.09. The maximum absolute atomic E-state index is 11.8. The molecule has 0 heterocycles. The first-order chi connectivity index (χ1) is 6.83. The summed E-state index contributed by atoms with van der Waals surface area (Å²) in [5.74, 6) is 0.539. The summed E-state index contributed by atoms with van der Waals surface area (Å²) in [7, 11) is -1.44. The second kappa shape index (κ2) is 6.45. The number of hydrogen-bond donors (Lipinski definition) is 1. The molecule has 0 spiro atoms. The lowest BCUT2D eigenvalue weighted by atomic mass is 10.1. The van der Waals surface area contributed by atoms with Crippen molar-refractivity contribution >= 4 is 10.0 Å². The van der Waals surface area contributed by atoms with Crippen LogP contribution in [-0.4, -0.2) is 38.1 Å². The van der Waals surface area contributed by atoms with Crippen molar-refractivity contribution in [1.29, 1.82) is 0 Å². The summed E-state index contributed by atoms with van der Waals surface area (Å²) >= 11 is 0. The molecule has 0 aliphatic carbocycles. The molecule has 4 nitrogen and oxygen atoms in total. The molecule has 0 bridgehead atoms. The lowest BCUT2D eigenvalue weighted by molar-refractivity contribution is 0.315. The van der Waals surface area contributed by atoms with Gasteiger partial charge in [0.05, 0.1) is 5.75 Å². The Bertz CT molecular complexity index is 263. The van der Waals surface area contributed by atoms with Crippen LogP contribution in [0.5, 0.6) is 0 Å². The second-order valence-electron chi connectivity index (χ2n) is 4.31. The van der Waals surface area contributed by atoms with Crippen molar-refractivity contribution in [2.45, 2.75) is 39.7 Å². The average molecular weight is 236 g/mol. The SMILES string of the molecule is CC(C)C(C)N(C)S(=O)(=O)CCCCN. The smallest absolute Gasteiger partial charge is 0.214 e. The minimum absolute atomic E-state index is 0.0490. The maximum Gasteiger partial charge on any atom is 0.214 e. The molecule has 0 amide bonds. The van der Waals surface area contributed by atoms with Crippen LogP contribution in [0, 0.1) is 5.92 Å². The third-order valence-corrected chi connectivity index (χ3v) is 4.85. The van der Waals surface area contributed by atoms with E-state index in [-0.39, 0.29) is 11.8 Å². The highest BCUT2D eigenvalue weighted by molar-refractivity contribution is 7.89. The Kier molecular flexibility index (Phi) is 6.40. The van der Waals surface area contributed by atoms with E-state index in [2.05, 4.69) is 0 Å². The van der Waals surface area contributed by atoms with E-state index in [0.717, 1.165) is 6.42 Å². The molecule has 0 aromatic carbocycles. The fraction of sp³-hybridized carbons (Fsp3) is 1.00. The van der Waals surface area contributed by atoms with Crippen LogP contribution in [-0.2, 0) is 10.0 Å². The fourth-order valence-electron chi connectivity index (χ4n) is 1.25. The molecule has 0 rings (SSSR count). The Morgan fingerprint density at radius 3 is 2.13 bits per heavy atom. The summed E-state index contributed by atoms with van der Waals surface area (Å²) in [6.45, 7) is 6.54. The predicted molar refractivity (Wildman–Crippen MR) is 64.1 cm³/mol. The Balaban J connectivity index is 4.32. The predicted octanol–water partition coefficient (Wildman–Crippen LogP) is 1.03. The van der Waals surface area contributed by atoms with Crippen molar-refractivity contribution in [3.05, 3.63) is 0 Å². The van der Waals surface area contributed by atoms with Gasteiger partial charge in [-0.15, -0.1) is 0 Å². The summed E-state index contributed by atoms with van der Waals surface area (Å²) in [6, 6.07) is 0.0490. The van der Waals surface area contributed by atoms with Crippen molar-refractivity contribution in [1.82, 2.24) is 4.31 Å². The topological polar surface area (TPSA) is 63.4 Å². The van der Waals surface area contributed by atoms with Gasteiger partial charge in [0, 0.05) is 13.1 Å². The van der Waals surface area contributed by atoms with Crippen molar-refractivity contribution in [3.8, 4) is 0 Å². The lowest BCUT2D eigenvalue weighted by Crippen LogP contribution is -2.39. The van der Waals surface area contributed by atoms with Crippen LogP contribution in [0.25, 0.3) is 0 Å². The quantitative estimate of drug-likeness (QED) is 0.672. The van der Waals surface area contributed by atoms with Crippen LogP contribution in [0.2, 0.25) is 0 Å². The molecular formula is C10H24N2O2S. The highest BCUT2D eigenvalue weighted by Gasteiger charge is 2.24. The summed E-state index contributed by atoms with van der Waals surface area (Å²) < 4.78 is 25.2. The molecule has 0 saturated heterocycles. The highest BCUT2D eigenvalue weighted by Crippen LogP contribution is 2.13. The monoisotopic (exact) mass is 236 g/mol. The molecule has 0 radical (unpaired) electrons. The highest BCUT2D eigenvalue weighted by atomic mass is 32.2. The van der Waals surface area contributed by atoms with E-state index in [4.69, 9.17) is 5.73 Å². The van der Waals surface area contributed by atoms with Crippen LogP contribution in [0.4, 0.5) is 0 Å². The number of sulfonamides is 1. The van der Waals surface area contributed by atoms with Gasteiger partial charge in [-0.2, -0.15) is 0 Å². The Labute approximate surface area is 93.9 Å². The van der Waals surface area contributed by atoms with Crippen LogP contribution in [0.1, 0.15) is 33.6 Å². The van der Waals surface area contributed by atoms with Gasteiger partial charge < -0.3 is 5.73 Å². The van der Waals surface area contributed by atoms with E-state index in [1.54, 1.807) is 7.05 Å². The zero-order valence-electron chi connectivity index (χ0n) is 10.2. The van der Waals surface area contributed by atoms with Gasteiger partial charge in [-0.1, -0.05) is 13.8 Å². The van der Waals surface area contributed by atoms with Gasteiger partial charge in [0.25, 0.3) is 0 Å². The standard InChI is InChI=1S/C10H24N2O2S/c1-9(2)10(3)12(4)15(13,14)8-6-5-7-11/h9-10H,5-8,11H2,1-4H3. The van der Waals surface area contributed by atoms with E-state index >= 15 is 0 Å². The minimum Gasteiger partial charge on any atom is -0.330 e. The Morgan fingerprint density at radius 2 is 1.73 bits per heavy atom. The van der Waals surface area contributed by atoms with Crippen LogP contribution in [0.15, 0.2) is 0 Å². The Hall–Kier alpha value is -0.130. The van der Waals surface area contributed by atoms with Gasteiger partial charge in [-0.25, -0.2) is 12.7 Å². The first-order valence-electron chi connectivity index (χ1n) is 5.48. The molecule has 0 aromatic rings. The number of hydrogen-bond acceptors (Lipinski definition) is 3. The molecule has 1 unspecified atom stereocenters. The lowest BCUT2D eigenvalue weighted by Gasteiger charge is -2.27. The summed E-state index contributed by atoms with van der Waals surface area (Å²) in [6.07, 6.45) is 1.41. The van der Waals surface area contributed by atoms with Crippen molar-refractivity contribution in [2.75, 3.05) is 19.3 Å². The maximum atomic E-state index is 11.8.